The quantitative estimate of drug-likeness (QED) is 0.556. The molecule has 0 spiro atoms. The molecular formula is C26H26FN5O. The van der Waals surface area contributed by atoms with Crippen molar-refractivity contribution < 1.29 is 9.18 Å². The van der Waals surface area contributed by atoms with Crippen LogP contribution in [0.25, 0.3) is 11.3 Å². The van der Waals surface area contributed by atoms with Crippen molar-refractivity contribution in [1.82, 2.24) is 19.9 Å². The number of nitrogens with zero attached hydrogens (tertiary/aromatic N) is 4. The average Bonchev–Trinajstić information content (AvgIpc) is 3.35. The predicted molar refractivity (Wildman–Crippen MR) is 125 cm³/mol. The van der Waals surface area contributed by atoms with E-state index in [-0.39, 0.29) is 23.6 Å². The molecule has 1 N–H and O–H groups in total. The molecule has 1 aliphatic heterocycles. The smallest absolute Gasteiger partial charge is 0.226 e. The molecule has 0 bridgehead atoms. The molecule has 2 aromatic heterocycles. The maximum Gasteiger partial charge on any atom is 0.226 e. The summed E-state index contributed by atoms with van der Waals surface area (Å²) in [6.07, 6.45) is 11.3. The van der Waals surface area contributed by atoms with Gasteiger partial charge < -0.3 is 10.2 Å². The van der Waals surface area contributed by atoms with Gasteiger partial charge in [-0.15, -0.1) is 0 Å². The van der Waals surface area contributed by atoms with Crippen LogP contribution in [0.15, 0.2) is 67.0 Å². The van der Waals surface area contributed by atoms with E-state index in [9.17, 15) is 9.18 Å². The topological polar surface area (TPSA) is 71.0 Å². The second-order valence-corrected chi connectivity index (χ2v) is 8.62. The summed E-state index contributed by atoms with van der Waals surface area (Å²) in [6.45, 7) is 1.34. The molecular weight excluding hydrogens is 417 g/mol. The largest absolute Gasteiger partial charge is 0.342 e. The Kier molecular flexibility index (Phi) is 6.11. The van der Waals surface area contributed by atoms with Crippen molar-refractivity contribution >= 4 is 17.4 Å². The van der Waals surface area contributed by atoms with Gasteiger partial charge in [0, 0.05) is 54.6 Å². The van der Waals surface area contributed by atoms with E-state index in [1.54, 1.807) is 24.5 Å². The summed E-state index contributed by atoms with van der Waals surface area (Å²) in [5.74, 6) is 1.36. The van der Waals surface area contributed by atoms with Gasteiger partial charge in [0.05, 0.1) is 5.69 Å². The van der Waals surface area contributed by atoms with Crippen molar-refractivity contribution in [3.05, 3.63) is 78.7 Å². The number of nitrogens with one attached hydrogen (secondary N) is 1. The van der Waals surface area contributed by atoms with Crippen LogP contribution in [0, 0.1) is 11.7 Å². The summed E-state index contributed by atoms with van der Waals surface area (Å²) in [6, 6.07) is 12.0. The van der Waals surface area contributed by atoms with Crippen LogP contribution in [0.5, 0.6) is 0 Å². The number of carbonyl (C=O) groups is 1. The zero-order valence-electron chi connectivity index (χ0n) is 18.3. The number of benzene rings is 1. The molecule has 1 aliphatic carbocycles. The molecule has 33 heavy (non-hydrogen) atoms. The molecule has 1 fully saturated rings. The van der Waals surface area contributed by atoms with E-state index in [0.717, 1.165) is 43.5 Å². The van der Waals surface area contributed by atoms with Crippen molar-refractivity contribution in [3.63, 3.8) is 0 Å². The molecule has 0 saturated carbocycles. The summed E-state index contributed by atoms with van der Waals surface area (Å²) in [5.41, 5.74) is 2.31. The highest BCUT2D eigenvalue weighted by molar-refractivity contribution is 5.79. The Morgan fingerprint density at radius 1 is 1.06 bits per heavy atom. The molecule has 1 saturated heterocycles. The summed E-state index contributed by atoms with van der Waals surface area (Å²) in [5, 5.41) is 3.21. The standard InChI is InChI=1S/C26H26FN5O/c27-21-7-4-8-22(15-21)29-24-16-23(18-9-12-28-13-10-18)30-25(31-24)20-11-14-32(17-20)26(33)19-5-2-1-3-6-19/h1-2,4,7-10,12-13,15-16,19-20H,3,5-6,11,14,17H2,(H,29,30,31)/t19-,20-/m0/s1. The van der Waals surface area contributed by atoms with Crippen molar-refractivity contribution in [2.24, 2.45) is 5.92 Å². The molecule has 3 aromatic rings. The molecule has 168 valence electrons. The third-order valence-corrected chi connectivity index (χ3v) is 6.30. The Morgan fingerprint density at radius 2 is 1.94 bits per heavy atom. The monoisotopic (exact) mass is 443 g/mol. The van der Waals surface area contributed by atoms with Crippen LogP contribution < -0.4 is 5.32 Å². The summed E-state index contributed by atoms with van der Waals surface area (Å²) in [7, 11) is 0. The van der Waals surface area contributed by atoms with Crippen LogP contribution in [-0.2, 0) is 4.79 Å². The maximum absolute atomic E-state index is 13.7. The van der Waals surface area contributed by atoms with Crippen LogP contribution in [0.3, 0.4) is 0 Å². The van der Waals surface area contributed by atoms with Crippen molar-refractivity contribution in [2.75, 3.05) is 18.4 Å². The Bertz CT molecular complexity index is 1170. The van der Waals surface area contributed by atoms with Gasteiger partial charge in [0.15, 0.2) is 0 Å². The van der Waals surface area contributed by atoms with Crippen molar-refractivity contribution in [3.8, 4) is 11.3 Å². The highest BCUT2D eigenvalue weighted by atomic mass is 19.1. The Labute approximate surface area is 192 Å². The third kappa shape index (κ3) is 4.92. The molecule has 3 heterocycles. The van der Waals surface area contributed by atoms with Crippen LogP contribution in [0.2, 0.25) is 0 Å². The van der Waals surface area contributed by atoms with Gasteiger partial charge in [0.25, 0.3) is 0 Å². The van der Waals surface area contributed by atoms with Crippen molar-refractivity contribution in [2.45, 2.75) is 31.6 Å². The summed E-state index contributed by atoms with van der Waals surface area (Å²) >= 11 is 0. The Morgan fingerprint density at radius 3 is 2.73 bits per heavy atom. The highest BCUT2D eigenvalue weighted by Gasteiger charge is 2.33. The number of carbonyl (C=O) groups excluding carboxylic acids is 1. The average molecular weight is 444 g/mol. The van der Waals surface area contributed by atoms with Gasteiger partial charge in [-0.3, -0.25) is 9.78 Å². The van der Waals surface area contributed by atoms with E-state index in [4.69, 9.17) is 9.97 Å². The minimum atomic E-state index is -0.314. The van der Waals surface area contributed by atoms with Gasteiger partial charge in [-0.2, -0.15) is 0 Å². The molecule has 0 unspecified atom stereocenters. The van der Waals surface area contributed by atoms with Crippen LogP contribution in [0.1, 0.15) is 37.4 Å². The number of aromatic nitrogens is 3. The zero-order valence-corrected chi connectivity index (χ0v) is 18.3. The second kappa shape index (κ2) is 9.48. The summed E-state index contributed by atoms with van der Waals surface area (Å²) in [4.78, 5) is 28.7. The first-order chi connectivity index (χ1) is 16.2. The van der Waals surface area contributed by atoms with E-state index >= 15 is 0 Å². The first-order valence-electron chi connectivity index (χ1n) is 11.4. The van der Waals surface area contributed by atoms with E-state index < -0.39 is 0 Å². The number of hydrogen-bond acceptors (Lipinski definition) is 5. The number of allylic oxidation sites excluding steroid dienone is 2. The van der Waals surface area contributed by atoms with Crippen LogP contribution in [-0.4, -0.2) is 38.8 Å². The molecule has 1 amide bonds. The molecule has 1 aromatic carbocycles. The zero-order chi connectivity index (χ0) is 22.6. The van der Waals surface area contributed by atoms with Gasteiger partial charge in [-0.25, -0.2) is 14.4 Å². The van der Waals surface area contributed by atoms with Crippen molar-refractivity contribution in [1.29, 1.82) is 0 Å². The van der Waals surface area contributed by atoms with E-state index in [1.807, 2.05) is 23.1 Å². The van der Waals surface area contributed by atoms with E-state index in [0.29, 0.717) is 23.9 Å². The van der Waals surface area contributed by atoms with E-state index in [2.05, 4.69) is 22.5 Å². The Balaban J connectivity index is 1.41. The number of likely N-dealkylation sites (tertiary alicyclic amines) is 1. The number of amides is 1. The lowest BCUT2D eigenvalue weighted by Gasteiger charge is -2.24. The first-order valence-corrected chi connectivity index (χ1v) is 11.4. The predicted octanol–water partition coefficient (Wildman–Crippen LogP) is 5.09. The van der Waals surface area contributed by atoms with Gasteiger partial charge in [0.1, 0.15) is 17.5 Å². The van der Waals surface area contributed by atoms with Gasteiger partial charge in [0.2, 0.25) is 5.91 Å². The molecule has 2 aliphatic rings. The van der Waals surface area contributed by atoms with Gasteiger partial charge in [-0.05, 0) is 56.0 Å². The first kappa shape index (κ1) is 21.2. The fourth-order valence-corrected chi connectivity index (χ4v) is 4.54. The number of hydrogen-bond donors (Lipinski definition) is 1. The van der Waals surface area contributed by atoms with Gasteiger partial charge in [-0.1, -0.05) is 18.2 Å². The fourth-order valence-electron chi connectivity index (χ4n) is 4.54. The SMILES string of the molecule is O=C([C@H]1CC=CCC1)N1CC[C@H](c2nc(Nc3cccc(F)c3)cc(-c3ccncc3)n2)C1. The third-order valence-electron chi connectivity index (χ3n) is 6.30. The van der Waals surface area contributed by atoms with Gasteiger partial charge >= 0.3 is 0 Å². The number of anilines is 2. The fraction of sp³-hybridized carbons (Fsp3) is 0.308. The minimum absolute atomic E-state index is 0.0583. The Hall–Kier alpha value is -3.61. The highest BCUT2D eigenvalue weighted by Crippen LogP contribution is 2.31. The van der Waals surface area contributed by atoms with Crippen LogP contribution >= 0.6 is 0 Å². The molecule has 6 nitrogen and oxygen atoms in total. The lowest BCUT2D eigenvalue weighted by molar-refractivity contribution is -0.134. The number of halogens is 1. The summed E-state index contributed by atoms with van der Waals surface area (Å²) < 4.78 is 13.7. The molecule has 2 atom stereocenters. The normalized spacial score (nSPS) is 20.1. The number of pyridine rings is 1. The lowest BCUT2D eigenvalue weighted by atomic mass is 9.93. The minimum Gasteiger partial charge on any atom is -0.342 e. The molecule has 0 radical (unpaired) electrons. The lowest BCUT2D eigenvalue weighted by Crippen LogP contribution is -2.34. The molecule has 7 heteroatoms. The second-order valence-electron chi connectivity index (χ2n) is 8.62. The number of rotatable bonds is 5. The van der Waals surface area contributed by atoms with Crippen LogP contribution in [0.4, 0.5) is 15.9 Å². The maximum atomic E-state index is 13.7. The van der Waals surface area contributed by atoms with E-state index in [1.165, 1.54) is 12.1 Å². The molecule has 5 rings (SSSR count).